The molecule has 3 aromatic rings. The van der Waals surface area contributed by atoms with Crippen molar-refractivity contribution < 1.29 is 37.1 Å². The monoisotopic (exact) mass is 862 g/mol. The Bertz CT molecular complexity index is 2220. The van der Waals surface area contributed by atoms with Gasteiger partial charge in [-0.15, -0.1) is 12.6 Å². The summed E-state index contributed by atoms with van der Waals surface area (Å²) in [4.78, 5) is 58.4. The SMILES string of the molecule is Cc1cc(OCCN2C[C@@H](C)N(CC(=O)Nc3cccc(NC4CCC(=O)NC4=O)c3)[C@@H](C)C2)c(C(C)C)cc1N1C(S)N(c2ccc(C#N)c(C(F)(F)F)c2)C(=O)C1(C)C. The van der Waals surface area contributed by atoms with E-state index in [2.05, 4.69) is 39.6 Å². The summed E-state index contributed by atoms with van der Waals surface area (Å²) >= 11 is 4.80. The lowest BCUT2D eigenvalue weighted by atomic mass is 9.96. The number of hydrogen-bond acceptors (Lipinski definition) is 11. The third-order valence-electron chi connectivity index (χ3n) is 11.6. The summed E-state index contributed by atoms with van der Waals surface area (Å²) < 4.78 is 48.1. The first-order valence-corrected chi connectivity index (χ1v) is 20.9. The number of hydrogen-bond donors (Lipinski definition) is 4. The van der Waals surface area contributed by atoms with Gasteiger partial charge < -0.3 is 20.3 Å². The van der Waals surface area contributed by atoms with E-state index in [1.807, 2.05) is 32.9 Å². The summed E-state index contributed by atoms with van der Waals surface area (Å²) in [5.41, 5.74) is -0.139. The van der Waals surface area contributed by atoms with Crippen LogP contribution in [0.25, 0.3) is 0 Å². The molecule has 3 aliphatic heterocycles. The molecule has 61 heavy (non-hydrogen) atoms. The van der Waals surface area contributed by atoms with Crippen molar-refractivity contribution in [3.05, 3.63) is 76.9 Å². The number of ether oxygens (including phenoxy) is 1. The highest BCUT2D eigenvalue weighted by Crippen LogP contribution is 2.45. The maximum Gasteiger partial charge on any atom is 0.417 e. The van der Waals surface area contributed by atoms with Crippen molar-refractivity contribution in [2.24, 2.45) is 0 Å². The first kappa shape index (κ1) is 45.2. The largest absolute Gasteiger partial charge is 0.492 e. The highest BCUT2D eigenvalue weighted by atomic mass is 32.1. The Balaban J connectivity index is 1.07. The number of benzene rings is 3. The van der Waals surface area contributed by atoms with Gasteiger partial charge in [-0.05, 0) is 107 Å². The van der Waals surface area contributed by atoms with Gasteiger partial charge in [-0.2, -0.15) is 18.4 Å². The van der Waals surface area contributed by atoms with Gasteiger partial charge in [-0.3, -0.25) is 39.2 Å². The minimum Gasteiger partial charge on any atom is -0.492 e. The molecule has 3 aromatic carbocycles. The number of carbonyl (C=O) groups excluding carboxylic acids is 4. The second-order valence-electron chi connectivity index (χ2n) is 16.9. The fourth-order valence-electron chi connectivity index (χ4n) is 8.45. The van der Waals surface area contributed by atoms with Gasteiger partial charge in [0.15, 0.2) is 5.50 Å². The van der Waals surface area contributed by atoms with Crippen LogP contribution in [0.15, 0.2) is 54.6 Å². The summed E-state index contributed by atoms with van der Waals surface area (Å²) in [5.74, 6) is -0.525. The Kier molecular flexibility index (Phi) is 13.3. The highest BCUT2D eigenvalue weighted by Gasteiger charge is 2.52. The molecule has 0 aromatic heterocycles. The molecule has 3 N–H and O–H groups in total. The van der Waals surface area contributed by atoms with Gasteiger partial charge >= 0.3 is 6.18 Å². The van der Waals surface area contributed by atoms with Crippen molar-refractivity contribution in [2.75, 3.05) is 53.2 Å². The quantitative estimate of drug-likeness (QED) is 0.118. The van der Waals surface area contributed by atoms with Crippen LogP contribution in [-0.4, -0.2) is 95.4 Å². The van der Waals surface area contributed by atoms with Gasteiger partial charge in [0.2, 0.25) is 17.7 Å². The fraction of sp³-hybridized carbons (Fsp3) is 0.477. The number of thiol groups is 1. The Hall–Kier alpha value is -5.31. The summed E-state index contributed by atoms with van der Waals surface area (Å²) in [6, 6.07) is 15.5. The van der Waals surface area contributed by atoms with E-state index >= 15 is 0 Å². The number of imide groups is 1. The van der Waals surface area contributed by atoms with E-state index in [1.165, 1.54) is 11.0 Å². The average Bonchev–Trinajstić information content (AvgIpc) is 3.35. The molecule has 3 fully saturated rings. The number of nitrogens with zero attached hydrogens (tertiary/aromatic N) is 5. The lowest BCUT2D eigenvalue weighted by molar-refractivity contribution is -0.138. The number of piperazine rings is 1. The number of amides is 4. The van der Waals surface area contributed by atoms with Crippen molar-refractivity contribution in [1.82, 2.24) is 15.1 Å². The molecule has 4 amide bonds. The van der Waals surface area contributed by atoms with Gasteiger partial charge in [0, 0.05) is 60.9 Å². The maximum absolute atomic E-state index is 13.9. The topological polar surface area (TPSA) is 150 Å². The van der Waals surface area contributed by atoms with E-state index < -0.39 is 40.3 Å². The normalized spacial score (nSPS) is 22.3. The summed E-state index contributed by atoms with van der Waals surface area (Å²) in [6.45, 7) is 16.3. The number of aryl methyl sites for hydroxylation is 1. The third kappa shape index (κ3) is 9.77. The van der Waals surface area contributed by atoms with Crippen molar-refractivity contribution in [3.63, 3.8) is 0 Å². The van der Waals surface area contributed by atoms with E-state index in [9.17, 15) is 37.6 Å². The molecule has 0 radical (unpaired) electrons. The van der Waals surface area contributed by atoms with Crippen LogP contribution in [0.2, 0.25) is 0 Å². The number of rotatable bonds is 12. The summed E-state index contributed by atoms with van der Waals surface area (Å²) in [5, 5.41) is 17.8. The molecule has 0 saturated carbocycles. The lowest BCUT2D eigenvalue weighted by Crippen LogP contribution is -2.58. The van der Waals surface area contributed by atoms with Crippen LogP contribution in [0.4, 0.5) is 35.9 Å². The van der Waals surface area contributed by atoms with Crippen molar-refractivity contribution in [1.29, 1.82) is 5.26 Å². The molecule has 3 saturated heterocycles. The lowest BCUT2D eigenvalue weighted by Gasteiger charge is -2.44. The van der Waals surface area contributed by atoms with Gasteiger partial charge in [0.25, 0.3) is 5.91 Å². The molecular formula is C44H53F3N8O5S. The number of nitrogens with one attached hydrogen (secondary N) is 3. The van der Waals surface area contributed by atoms with Crippen molar-refractivity contribution >= 4 is 59.0 Å². The highest BCUT2D eigenvalue weighted by molar-refractivity contribution is 7.81. The molecular weight excluding hydrogens is 810 g/mol. The number of halogens is 3. The van der Waals surface area contributed by atoms with E-state index in [-0.39, 0.29) is 54.4 Å². The van der Waals surface area contributed by atoms with Crippen molar-refractivity contribution in [2.45, 2.75) is 103 Å². The predicted octanol–water partition coefficient (Wildman–Crippen LogP) is 6.48. The van der Waals surface area contributed by atoms with E-state index in [1.54, 1.807) is 49.1 Å². The minimum absolute atomic E-state index is 0.00908. The minimum atomic E-state index is -4.79. The average molecular weight is 863 g/mol. The van der Waals surface area contributed by atoms with E-state index in [0.717, 1.165) is 36.3 Å². The molecule has 3 heterocycles. The zero-order chi connectivity index (χ0) is 44.6. The van der Waals surface area contributed by atoms with Crippen LogP contribution >= 0.6 is 12.6 Å². The van der Waals surface area contributed by atoms with Crippen LogP contribution in [0.1, 0.15) is 82.6 Å². The molecule has 0 spiro atoms. The zero-order valence-corrected chi connectivity index (χ0v) is 36.3. The first-order chi connectivity index (χ1) is 28.7. The number of alkyl halides is 3. The van der Waals surface area contributed by atoms with Crippen LogP contribution in [-0.2, 0) is 25.4 Å². The molecule has 17 heteroatoms. The Morgan fingerprint density at radius 1 is 1.05 bits per heavy atom. The first-order valence-electron chi connectivity index (χ1n) is 20.4. The number of carbonyl (C=O) groups is 4. The Morgan fingerprint density at radius 3 is 2.38 bits per heavy atom. The molecule has 4 atom stereocenters. The number of piperidine rings is 1. The smallest absolute Gasteiger partial charge is 0.417 e. The van der Waals surface area contributed by atoms with E-state index in [0.29, 0.717) is 42.4 Å². The number of anilines is 4. The van der Waals surface area contributed by atoms with Gasteiger partial charge in [-0.25, -0.2) is 0 Å². The standard InChI is InChI=1S/C44H53F3N8O5S/c1-25(2)33-20-36(55-42(61)54(41(59)43(55,6)7)32-12-11-29(21-48)34(19-32)44(45,46)47)26(3)17-37(33)60-16-15-52-22-27(4)53(28(5)23-52)24-39(57)50-31-10-8-9-30(18-31)49-35-13-14-38(56)51-40(35)58/h8-12,17-20,25,27-28,35,42,49,61H,13-16,22-24H2,1-7H3,(H,50,57)(H,51,56,58)/t27-,28+,35?,42?. The zero-order valence-electron chi connectivity index (χ0n) is 35.4. The molecule has 13 nitrogen and oxygen atoms in total. The summed E-state index contributed by atoms with van der Waals surface area (Å²) in [6.07, 6.45) is -4.13. The Labute approximate surface area is 360 Å². The fourth-order valence-corrected chi connectivity index (χ4v) is 9.10. The van der Waals surface area contributed by atoms with Crippen LogP contribution in [0.3, 0.4) is 0 Å². The molecule has 326 valence electrons. The van der Waals surface area contributed by atoms with Gasteiger partial charge in [0.05, 0.1) is 23.7 Å². The summed E-state index contributed by atoms with van der Waals surface area (Å²) in [7, 11) is 0. The van der Waals surface area contributed by atoms with Crippen LogP contribution in [0.5, 0.6) is 5.75 Å². The molecule has 0 aliphatic carbocycles. The molecule has 2 unspecified atom stereocenters. The van der Waals surface area contributed by atoms with Gasteiger partial charge in [0.1, 0.15) is 23.9 Å². The second-order valence-corrected chi connectivity index (χ2v) is 17.3. The van der Waals surface area contributed by atoms with Crippen LogP contribution in [0, 0.1) is 18.3 Å². The molecule has 6 rings (SSSR count). The second kappa shape index (κ2) is 18.0. The molecule has 3 aliphatic rings. The maximum atomic E-state index is 13.9. The van der Waals surface area contributed by atoms with Gasteiger partial charge in [-0.1, -0.05) is 19.9 Å². The molecule has 0 bridgehead atoms. The third-order valence-corrected chi connectivity index (χ3v) is 12.1. The van der Waals surface area contributed by atoms with Crippen LogP contribution < -0.4 is 30.5 Å². The number of nitriles is 1. The predicted molar refractivity (Wildman–Crippen MR) is 231 cm³/mol. The Morgan fingerprint density at radius 2 is 1.74 bits per heavy atom. The van der Waals surface area contributed by atoms with E-state index in [4.69, 9.17) is 17.4 Å². The van der Waals surface area contributed by atoms with Crippen molar-refractivity contribution in [3.8, 4) is 11.8 Å².